The lowest BCUT2D eigenvalue weighted by atomic mass is 10.1. The van der Waals surface area contributed by atoms with Gasteiger partial charge in [-0.15, -0.1) is 0 Å². The molecule has 0 bridgehead atoms. The fourth-order valence-corrected chi connectivity index (χ4v) is 2.78. The van der Waals surface area contributed by atoms with Crippen molar-refractivity contribution in [3.8, 4) is 11.5 Å². The number of amides is 2. The van der Waals surface area contributed by atoms with E-state index in [9.17, 15) is 9.59 Å². The van der Waals surface area contributed by atoms with Crippen LogP contribution in [0.4, 0.5) is 0 Å². The Morgan fingerprint density at radius 1 is 1.42 bits per heavy atom. The van der Waals surface area contributed by atoms with E-state index < -0.39 is 0 Å². The Hall–Kier alpha value is -2.57. The highest BCUT2D eigenvalue weighted by Gasteiger charge is 2.39. The van der Waals surface area contributed by atoms with E-state index in [4.69, 9.17) is 8.94 Å². The summed E-state index contributed by atoms with van der Waals surface area (Å²) in [5.41, 5.74) is 0.336. The maximum Gasteiger partial charge on any atom is 0.225 e. The van der Waals surface area contributed by atoms with Crippen LogP contribution in [0.25, 0.3) is 11.5 Å². The van der Waals surface area contributed by atoms with Gasteiger partial charge in [-0.05, 0) is 32.9 Å². The molecule has 1 atom stereocenters. The van der Waals surface area contributed by atoms with Crippen molar-refractivity contribution in [1.82, 2.24) is 15.4 Å². The zero-order valence-electron chi connectivity index (χ0n) is 14.0. The first kappa shape index (κ1) is 16.3. The molecule has 1 fully saturated rings. The minimum Gasteiger partial charge on any atom is -0.461 e. The minimum atomic E-state index is -0.326. The highest BCUT2D eigenvalue weighted by molar-refractivity contribution is 5.89. The van der Waals surface area contributed by atoms with Crippen LogP contribution in [0.1, 0.15) is 32.9 Å². The van der Waals surface area contributed by atoms with Crippen molar-refractivity contribution < 1.29 is 18.5 Å². The topological polar surface area (TPSA) is 88.6 Å². The molecular formula is C17H21N3O4. The average molecular weight is 331 g/mol. The van der Waals surface area contributed by atoms with Crippen molar-refractivity contribution in [2.45, 2.75) is 39.3 Å². The number of hydrogen-bond donors (Lipinski definition) is 1. The molecule has 2 amide bonds. The molecule has 1 aliphatic rings. The van der Waals surface area contributed by atoms with Crippen LogP contribution in [0.2, 0.25) is 0 Å². The maximum atomic E-state index is 12.3. The number of likely N-dealkylation sites (tertiary alicyclic amines) is 1. The zero-order chi connectivity index (χ0) is 17.3. The summed E-state index contributed by atoms with van der Waals surface area (Å²) in [5.74, 6) is 0.650. The standard InChI is InChI=1S/C17H21N3O4/c1-17(2,3)20-10-11(7-15(20)21)16(22)18-9-12-8-14(24-19-12)13-5-4-6-23-13/h4-6,8,11H,7,9-10H2,1-3H3,(H,18,22). The summed E-state index contributed by atoms with van der Waals surface area (Å²) in [5, 5.41) is 6.73. The molecule has 0 radical (unpaired) electrons. The Bertz CT molecular complexity index is 727. The highest BCUT2D eigenvalue weighted by atomic mass is 16.5. The summed E-state index contributed by atoms with van der Waals surface area (Å²) in [4.78, 5) is 26.1. The molecule has 7 nitrogen and oxygen atoms in total. The normalized spacial score (nSPS) is 18.2. The predicted octanol–water partition coefficient (Wildman–Crippen LogP) is 2.20. The van der Waals surface area contributed by atoms with Crippen molar-refractivity contribution in [2.75, 3.05) is 6.54 Å². The van der Waals surface area contributed by atoms with Gasteiger partial charge in [0.15, 0.2) is 5.76 Å². The Morgan fingerprint density at radius 2 is 2.21 bits per heavy atom. The number of hydrogen-bond acceptors (Lipinski definition) is 5. The molecule has 0 aromatic carbocycles. The lowest BCUT2D eigenvalue weighted by Gasteiger charge is -2.31. The third-order valence-electron chi connectivity index (χ3n) is 4.07. The summed E-state index contributed by atoms with van der Waals surface area (Å²) >= 11 is 0. The summed E-state index contributed by atoms with van der Waals surface area (Å²) < 4.78 is 10.4. The molecule has 2 aromatic heterocycles. The molecule has 1 aliphatic heterocycles. The van der Waals surface area contributed by atoms with Crippen LogP contribution in [0, 0.1) is 5.92 Å². The highest BCUT2D eigenvalue weighted by Crippen LogP contribution is 2.26. The molecule has 3 heterocycles. The molecule has 7 heteroatoms. The SMILES string of the molecule is CC(C)(C)N1CC(C(=O)NCc2cc(-c3ccco3)on2)CC1=O. The predicted molar refractivity (Wildman–Crippen MR) is 85.6 cm³/mol. The first-order chi connectivity index (χ1) is 11.3. The van der Waals surface area contributed by atoms with Crippen molar-refractivity contribution in [2.24, 2.45) is 5.92 Å². The van der Waals surface area contributed by atoms with Crippen LogP contribution in [-0.2, 0) is 16.1 Å². The summed E-state index contributed by atoms with van der Waals surface area (Å²) in [6.45, 7) is 6.61. The molecule has 128 valence electrons. The molecular weight excluding hydrogens is 310 g/mol. The second-order valence-electron chi connectivity index (χ2n) is 6.95. The summed E-state index contributed by atoms with van der Waals surface area (Å²) in [6.07, 6.45) is 1.80. The van der Waals surface area contributed by atoms with E-state index in [-0.39, 0.29) is 36.2 Å². The van der Waals surface area contributed by atoms with Gasteiger partial charge in [0.25, 0.3) is 0 Å². The molecule has 1 N–H and O–H groups in total. The molecule has 1 saturated heterocycles. The van der Waals surface area contributed by atoms with Crippen LogP contribution in [-0.4, -0.2) is 34.0 Å². The van der Waals surface area contributed by atoms with E-state index in [2.05, 4.69) is 10.5 Å². The number of nitrogens with zero attached hydrogens (tertiary/aromatic N) is 2. The Kier molecular flexibility index (Phi) is 4.17. The Morgan fingerprint density at radius 3 is 2.83 bits per heavy atom. The number of nitrogens with one attached hydrogen (secondary N) is 1. The summed E-state index contributed by atoms with van der Waals surface area (Å²) in [7, 11) is 0. The van der Waals surface area contributed by atoms with Gasteiger partial charge in [-0.2, -0.15) is 0 Å². The minimum absolute atomic E-state index is 0.0178. The van der Waals surface area contributed by atoms with Gasteiger partial charge in [0.05, 0.1) is 18.7 Å². The van der Waals surface area contributed by atoms with E-state index in [0.29, 0.717) is 23.8 Å². The van der Waals surface area contributed by atoms with Crippen LogP contribution in [0.15, 0.2) is 33.4 Å². The number of carbonyl (C=O) groups excluding carboxylic acids is 2. The van der Waals surface area contributed by atoms with Gasteiger partial charge in [0.2, 0.25) is 17.6 Å². The van der Waals surface area contributed by atoms with Crippen molar-refractivity contribution >= 4 is 11.8 Å². The molecule has 0 spiro atoms. The van der Waals surface area contributed by atoms with Gasteiger partial charge in [-0.1, -0.05) is 5.16 Å². The van der Waals surface area contributed by atoms with E-state index in [0.717, 1.165) is 0 Å². The van der Waals surface area contributed by atoms with Crippen LogP contribution in [0.5, 0.6) is 0 Å². The molecule has 1 unspecified atom stereocenters. The Balaban J connectivity index is 1.56. The second-order valence-corrected chi connectivity index (χ2v) is 6.95. The monoisotopic (exact) mass is 331 g/mol. The van der Waals surface area contributed by atoms with Gasteiger partial charge in [-0.3, -0.25) is 9.59 Å². The molecule has 0 aliphatic carbocycles. The van der Waals surface area contributed by atoms with Gasteiger partial charge in [0.1, 0.15) is 5.69 Å². The number of carbonyl (C=O) groups is 2. The summed E-state index contributed by atoms with van der Waals surface area (Å²) in [6, 6.07) is 5.26. The van der Waals surface area contributed by atoms with Crippen molar-refractivity contribution in [3.63, 3.8) is 0 Å². The lowest BCUT2D eigenvalue weighted by molar-refractivity contribution is -0.132. The number of furan rings is 1. The zero-order valence-corrected chi connectivity index (χ0v) is 14.0. The third-order valence-corrected chi connectivity index (χ3v) is 4.07. The molecule has 3 rings (SSSR count). The lowest BCUT2D eigenvalue weighted by Crippen LogP contribution is -2.43. The van der Waals surface area contributed by atoms with Gasteiger partial charge >= 0.3 is 0 Å². The second kappa shape index (κ2) is 6.14. The first-order valence-electron chi connectivity index (χ1n) is 7.92. The number of aromatic nitrogens is 1. The van der Waals surface area contributed by atoms with Gasteiger partial charge < -0.3 is 19.2 Å². The van der Waals surface area contributed by atoms with E-state index in [1.54, 1.807) is 29.4 Å². The quantitative estimate of drug-likeness (QED) is 0.928. The molecule has 2 aromatic rings. The largest absolute Gasteiger partial charge is 0.461 e. The van der Waals surface area contributed by atoms with Crippen LogP contribution in [0.3, 0.4) is 0 Å². The van der Waals surface area contributed by atoms with E-state index >= 15 is 0 Å². The van der Waals surface area contributed by atoms with Gasteiger partial charge in [-0.25, -0.2) is 0 Å². The Labute approximate surface area is 140 Å². The van der Waals surface area contributed by atoms with E-state index in [1.807, 2.05) is 20.8 Å². The fourth-order valence-electron chi connectivity index (χ4n) is 2.78. The molecule has 0 saturated carbocycles. The van der Waals surface area contributed by atoms with Crippen molar-refractivity contribution in [3.05, 3.63) is 30.2 Å². The maximum absolute atomic E-state index is 12.3. The number of rotatable bonds is 4. The average Bonchev–Trinajstić information content (AvgIpc) is 3.23. The first-order valence-corrected chi connectivity index (χ1v) is 7.92. The van der Waals surface area contributed by atoms with E-state index in [1.165, 1.54) is 0 Å². The van der Waals surface area contributed by atoms with Gasteiger partial charge in [0, 0.05) is 24.6 Å². The third kappa shape index (κ3) is 3.34. The van der Waals surface area contributed by atoms with Crippen LogP contribution < -0.4 is 5.32 Å². The van der Waals surface area contributed by atoms with Crippen molar-refractivity contribution in [1.29, 1.82) is 0 Å². The molecule has 24 heavy (non-hydrogen) atoms. The smallest absolute Gasteiger partial charge is 0.225 e. The fraction of sp³-hybridized carbons (Fsp3) is 0.471. The van der Waals surface area contributed by atoms with Crippen LogP contribution >= 0.6 is 0 Å².